The first-order valence-electron chi connectivity index (χ1n) is 6.21. The van der Waals surface area contributed by atoms with Gasteiger partial charge in [-0.1, -0.05) is 12.1 Å². The second-order valence-corrected chi connectivity index (χ2v) is 8.17. The predicted octanol–water partition coefficient (Wildman–Crippen LogP) is 3.32. The summed E-state index contributed by atoms with van der Waals surface area (Å²) in [6.45, 7) is 0.285. The lowest BCUT2D eigenvalue weighted by Crippen LogP contribution is -2.25. The number of nitrogens with zero attached hydrogens (tertiary/aromatic N) is 1. The smallest absolute Gasteiger partial charge is 0.252 e. The molecule has 4 nitrogen and oxygen atoms in total. The van der Waals surface area contributed by atoms with Crippen molar-refractivity contribution >= 4 is 33.0 Å². The highest BCUT2D eigenvalue weighted by Crippen LogP contribution is 2.26. The number of methoxy groups -OCH3 is 1. The quantitative estimate of drug-likeness (QED) is 0.754. The normalized spacial score (nSPS) is 11.8. The van der Waals surface area contributed by atoms with Crippen molar-refractivity contribution in [2.45, 2.75) is 16.6 Å². The van der Waals surface area contributed by atoms with E-state index in [0.717, 1.165) is 10.4 Å². The van der Waals surface area contributed by atoms with E-state index in [4.69, 9.17) is 16.3 Å². The molecule has 0 aliphatic rings. The average Bonchev–Trinajstić information content (AvgIpc) is 2.97. The molecule has 0 N–H and O–H groups in total. The van der Waals surface area contributed by atoms with Gasteiger partial charge < -0.3 is 4.74 Å². The molecule has 1 aromatic heterocycles. The van der Waals surface area contributed by atoms with Crippen LogP contribution in [-0.4, -0.2) is 26.9 Å². The predicted molar refractivity (Wildman–Crippen MR) is 85.5 cm³/mol. The summed E-state index contributed by atoms with van der Waals surface area (Å²) >= 11 is 6.92. The van der Waals surface area contributed by atoms with E-state index in [9.17, 15) is 8.42 Å². The Hall–Kier alpha value is -1.08. The van der Waals surface area contributed by atoms with E-state index in [2.05, 4.69) is 0 Å². The molecule has 2 rings (SSSR count). The fraction of sp³-hybridized carbons (Fsp3) is 0.286. The van der Waals surface area contributed by atoms with Gasteiger partial charge >= 0.3 is 0 Å². The number of hydrogen-bond acceptors (Lipinski definition) is 4. The Morgan fingerprint density at radius 1 is 1.29 bits per heavy atom. The summed E-state index contributed by atoms with van der Waals surface area (Å²) in [5.74, 6) is 1.03. The molecule has 0 atom stereocenters. The number of thiophene rings is 1. The Kier molecular flexibility index (Phi) is 5.27. The van der Waals surface area contributed by atoms with E-state index >= 15 is 0 Å². The summed E-state index contributed by atoms with van der Waals surface area (Å²) in [4.78, 5) is 0.838. The molecule has 0 spiro atoms. The maximum absolute atomic E-state index is 12.5. The minimum atomic E-state index is -3.49. The van der Waals surface area contributed by atoms with Crippen molar-refractivity contribution in [3.63, 3.8) is 0 Å². The van der Waals surface area contributed by atoms with E-state index in [0.29, 0.717) is 15.8 Å². The van der Waals surface area contributed by atoms with Crippen LogP contribution < -0.4 is 4.74 Å². The molecule has 21 heavy (non-hydrogen) atoms. The number of sulfonamides is 1. The topological polar surface area (TPSA) is 46.6 Å². The van der Waals surface area contributed by atoms with Crippen LogP contribution in [0.15, 0.2) is 40.6 Å². The Balaban J connectivity index is 2.19. The molecule has 0 radical (unpaired) electrons. The lowest BCUT2D eigenvalue weighted by molar-refractivity contribution is 0.412. The minimum Gasteiger partial charge on any atom is -0.497 e. The second kappa shape index (κ2) is 6.79. The summed E-state index contributed by atoms with van der Waals surface area (Å²) in [5, 5.41) is 0. The number of benzene rings is 1. The van der Waals surface area contributed by atoms with Crippen LogP contribution in [0.4, 0.5) is 0 Å². The molecule has 114 valence electrons. The third-order valence-corrected chi connectivity index (χ3v) is 6.78. The second-order valence-electron chi connectivity index (χ2n) is 4.47. The molecule has 7 heteroatoms. The lowest BCUT2D eigenvalue weighted by atomic mass is 10.2. The number of alkyl halides is 1. The molecular weight excluding hydrogens is 330 g/mol. The van der Waals surface area contributed by atoms with Crippen LogP contribution in [0.1, 0.15) is 10.4 Å². The molecule has 0 amide bonds. The van der Waals surface area contributed by atoms with Crippen LogP contribution >= 0.6 is 22.9 Å². The highest BCUT2D eigenvalue weighted by molar-refractivity contribution is 7.91. The fourth-order valence-corrected chi connectivity index (χ4v) is 4.66. The van der Waals surface area contributed by atoms with Gasteiger partial charge in [-0.05, 0) is 29.8 Å². The molecule has 0 aliphatic heterocycles. The first-order chi connectivity index (χ1) is 9.97. The van der Waals surface area contributed by atoms with Crippen LogP contribution in [0.3, 0.4) is 0 Å². The fourth-order valence-electron chi connectivity index (χ4n) is 1.84. The van der Waals surface area contributed by atoms with E-state index in [1.807, 2.05) is 24.3 Å². The average molecular weight is 346 g/mol. The van der Waals surface area contributed by atoms with Gasteiger partial charge in [-0.15, -0.1) is 22.9 Å². The van der Waals surface area contributed by atoms with Crippen LogP contribution in [0.5, 0.6) is 5.75 Å². The van der Waals surface area contributed by atoms with Crippen molar-refractivity contribution in [1.82, 2.24) is 4.31 Å². The molecule has 0 fully saturated rings. The molecule has 0 aliphatic carbocycles. The first-order valence-corrected chi connectivity index (χ1v) is 9.00. The van der Waals surface area contributed by atoms with Crippen molar-refractivity contribution in [3.8, 4) is 5.75 Å². The maximum atomic E-state index is 12.5. The Morgan fingerprint density at radius 2 is 2.05 bits per heavy atom. The molecule has 0 saturated heterocycles. The number of ether oxygens (including phenoxy) is 1. The molecule has 0 saturated carbocycles. The molecule has 2 aromatic rings. The van der Waals surface area contributed by atoms with E-state index < -0.39 is 10.0 Å². The van der Waals surface area contributed by atoms with Gasteiger partial charge in [0.15, 0.2) is 0 Å². The lowest BCUT2D eigenvalue weighted by Gasteiger charge is -2.16. The Labute approximate surface area is 134 Å². The Bertz CT molecular complexity index is 713. The summed E-state index contributed by atoms with van der Waals surface area (Å²) in [6, 6.07) is 10.7. The summed E-state index contributed by atoms with van der Waals surface area (Å²) in [7, 11) is -0.347. The maximum Gasteiger partial charge on any atom is 0.252 e. The molecule has 0 unspecified atom stereocenters. The van der Waals surface area contributed by atoms with Gasteiger partial charge in [-0.25, -0.2) is 8.42 Å². The van der Waals surface area contributed by atoms with Crippen molar-refractivity contribution in [1.29, 1.82) is 0 Å². The van der Waals surface area contributed by atoms with E-state index in [1.165, 1.54) is 15.6 Å². The molecular formula is C14H16ClNO3S2. The minimum absolute atomic E-state index is 0.285. The summed E-state index contributed by atoms with van der Waals surface area (Å²) in [6.07, 6.45) is 0. The SMILES string of the molecule is COc1cccc(CN(C)S(=O)(=O)c2ccc(CCl)s2)c1. The van der Waals surface area contributed by atoms with Gasteiger partial charge in [0, 0.05) is 18.5 Å². The van der Waals surface area contributed by atoms with Gasteiger partial charge in [0.2, 0.25) is 0 Å². The van der Waals surface area contributed by atoms with Crippen LogP contribution in [0.2, 0.25) is 0 Å². The van der Waals surface area contributed by atoms with Crippen LogP contribution in [0, 0.1) is 0 Å². The third-order valence-electron chi connectivity index (χ3n) is 2.97. The molecule has 1 aromatic carbocycles. The van der Waals surface area contributed by atoms with Crippen molar-refractivity contribution in [3.05, 3.63) is 46.8 Å². The van der Waals surface area contributed by atoms with E-state index in [1.54, 1.807) is 26.3 Å². The summed E-state index contributed by atoms with van der Waals surface area (Å²) < 4.78 is 31.7. The van der Waals surface area contributed by atoms with Crippen LogP contribution in [-0.2, 0) is 22.4 Å². The van der Waals surface area contributed by atoms with Gasteiger partial charge in [0.1, 0.15) is 9.96 Å². The summed E-state index contributed by atoms with van der Waals surface area (Å²) in [5.41, 5.74) is 0.870. The highest BCUT2D eigenvalue weighted by atomic mass is 35.5. The zero-order valence-electron chi connectivity index (χ0n) is 11.7. The van der Waals surface area contributed by atoms with Gasteiger partial charge in [0.25, 0.3) is 10.0 Å². The van der Waals surface area contributed by atoms with Crippen molar-refractivity contribution in [2.24, 2.45) is 0 Å². The van der Waals surface area contributed by atoms with Crippen molar-refractivity contribution < 1.29 is 13.2 Å². The number of rotatable bonds is 6. The van der Waals surface area contributed by atoms with Crippen molar-refractivity contribution in [2.75, 3.05) is 14.2 Å². The molecule has 1 heterocycles. The zero-order valence-corrected chi connectivity index (χ0v) is 14.1. The largest absolute Gasteiger partial charge is 0.497 e. The standard InChI is InChI=1S/C14H16ClNO3S2/c1-16(10-11-4-3-5-12(8-11)19-2)21(17,18)14-7-6-13(9-15)20-14/h3-8H,9-10H2,1-2H3. The zero-order chi connectivity index (χ0) is 15.5. The monoisotopic (exact) mass is 345 g/mol. The van der Waals surface area contributed by atoms with E-state index in [-0.39, 0.29) is 6.54 Å². The molecule has 0 bridgehead atoms. The third kappa shape index (κ3) is 3.77. The number of halogens is 1. The number of hydrogen-bond donors (Lipinski definition) is 0. The van der Waals surface area contributed by atoms with Gasteiger partial charge in [0.05, 0.1) is 13.0 Å². The van der Waals surface area contributed by atoms with Crippen LogP contribution in [0.25, 0.3) is 0 Å². The van der Waals surface area contributed by atoms with Gasteiger partial charge in [-0.2, -0.15) is 4.31 Å². The van der Waals surface area contributed by atoms with Gasteiger partial charge in [-0.3, -0.25) is 0 Å². The first kappa shape index (κ1) is 16.3. The Morgan fingerprint density at radius 3 is 2.67 bits per heavy atom. The highest BCUT2D eigenvalue weighted by Gasteiger charge is 2.23.